The topological polar surface area (TPSA) is 49.6 Å². The maximum absolute atomic E-state index is 11.1. The van der Waals surface area contributed by atoms with E-state index in [1.165, 1.54) is 0 Å². The van der Waals surface area contributed by atoms with Gasteiger partial charge in [-0.15, -0.1) is 0 Å². The van der Waals surface area contributed by atoms with Gasteiger partial charge in [0.2, 0.25) is 5.91 Å². The molecule has 0 rings (SSSR count). The molecule has 1 amide bonds. The lowest BCUT2D eigenvalue weighted by atomic mass is 10.4. The van der Waals surface area contributed by atoms with Crippen LogP contribution in [0.3, 0.4) is 0 Å². The number of hydrogen-bond acceptors (Lipinski definition) is 3. The first-order chi connectivity index (χ1) is 6.61. The van der Waals surface area contributed by atoms with E-state index in [1.807, 2.05) is 11.8 Å². The molecule has 0 spiro atoms. The molecular formula is C10H23N3O. The highest BCUT2D eigenvalue weighted by Crippen LogP contribution is 1.91. The Morgan fingerprint density at radius 3 is 2.36 bits per heavy atom. The van der Waals surface area contributed by atoms with E-state index in [1.54, 1.807) is 6.92 Å². The van der Waals surface area contributed by atoms with Crippen LogP contribution >= 0.6 is 0 Å². The largest absolute Gasteiger partial charge is 0.342 e. The second-order valence-electron chi connectivity index (χ2n) is 3.54. The molecule has 0 aromatic carbocycles. The van der Waals surface area contributed by atoms with Crippen molar-refractivity contribution in [1.29, 1.82) is 0 Å². The molecule has 2 N–H and O–H groups in total. The summed E-state index contributed by atoms with van der Waals surface area (Å²) >= 11 is 0. The van der Waals surface area contributed by atoms with Crippen LogP contribution in [0, 0.1) is 0 Å². The summed E-state index contributed by atoms with van der Waals surface area (Å²) in [5, 5.41) is 0. The Bertz CT molecular complexity index is 161. The quantitative estimate of drug-likeness (QED) is 0.637. The third-order valence-corrected chi connectivity index (χ3v) is 2.32. The number of carbonyl (C=O) groups excluding carboxylic acids is 1. The summed E-state index contributed by atoms with van der Waals surface area (Å²) in [5.41, 5.74) is 5.42. The first kappa shape index (κ1) is 13.4. The molecule has 0 aliphatic carbocycles. The zero-order chi connectivity index (χ0) is 11.0. The van der Waals surface area contributed by atoms with Gasteiger partial charge in [-0.3, -0.25) is 4.79 Å². The van der Waals surface area contributed by atoms with Crippen molar-refractivity contribution in [3.8, 4) is 0 Å². The van der Waals surface area contributed by atoms with E-state index in [9.17, 15) is 4.79 Å². The summed E-state index contributed by atoms with van der Waals surface area (Å²) in [6.07, 6.45) is 1.02. The highest BCUT2D eigenvalue weighted by molar-refractivity contribution is 5.73. The van der Waals surface area contributed by atoms with Gasteiger partial charge in [-0.1, -0.05) is 0 Å². The number of hydrogen-bond donors (Lipinski definition) is 1. The standard InChI is InChI=1S/C10H23N3O/c1-4-13(10(2)14)9-8-12(3)7-5-6-11/h4-9,11H2,1-3H3. The number of carbonyl (C=O) groups is 1. The van der Waals surface area contributed by atoms with E-state index in [4.69, 9.17) is 5.73 Å². The van der Waals surface area contributed by atoms with Crippen LogP contribution in [0.15, 0.2) is 0 Å². The average molecular weight is 201 g/mol. The predicted octanol–water partition coefficient (Wildman–Crippen LogP) is 0.135. The van der Waals surface area contributed by atoms with Crippen LogP contribution in [0.5, 0.6) is 0 Å². The zero-order valence-corrected chi connectivity index (χ0v) is 9.62. The number of amides is 1. The Kier molecular flexibility index (Phi) is 7.42. The lowest BCUT2D eigenvalue weighted by Gasteiger charge is -2.23. The van der Waals surface area contributed by atoms with E-state index >= 15 is 0 Å². The Morgan fingerprint density at radius 1 is 1.29 bits per heavy atom. The fourth-order valence-electron chi connectivity index (χ4n) is 1.30. The third kappa shape index (κ3) is 5.94. The summed E-state index contributed by atoms with van der Waals surface area (Å²) in [6, 6.07) is 0. The fraction of sp³-hybridized carbons (Fsp3) is 0.900. The molecule has 84 valence electrons. The van der Waals surface area contributed by atoms with Crippen molar-refractivity contribution >= 4 is 5.91 Å². The number of likely N-dealkylation sites (N-methyl/N-ethyl adjacent to an activating group) is 2. The first-order valence-electron chi connectivity index (χ1n) is 5.26. The highest BCUT2D eigenvalue weighted by Gasteiger charge is 2.06. The van der Waals surface area contributed by atoms with Crippen molar-refractivity contribution in [2.75, 3.05) is 39.8 Å². The van der Waals surface area contributed by atoms with Crippen molar-refractivity contribution in [2.24, 2.45) is 5.73 Å². The lowest BCUT2D eigenvalue weighted by Crippen LogP contribution is -2.36. The third-order valence-electron chi connectivity index (χ3n) is 2.32. The van der Waals surface area contributed by atoms with E-state index in [2.05, 4.69) is 11.9 Å². The molecule has 0 saturated heterocycles. The molecule has 0 bridgehead atoms. The van der Waals surface area contributed by atoms with Crippen molar-refractivity contribution in [3.05, 3.63) is 0 Å². The smallest absolute Gasteiger partial charge is 0.219 e. The van der Waals surface area contributed by atoms with Crippen molar-refractivity contribution in [1.82, 2.24) is 9.80 Å². The Labute approximate surface area is 87.0 Å². The normalized spacial score (nSPS) is 10.6. The molecule has 0 atom stereocenters. The van der Waals surface area contributed by atoms with Gasteiger partial charge in [-0.25, -0.2) is 0 Å². The summed E-state index contributed by atoms with van der Waals surface area (Å²) < 4.78 is 0. The van der Waals surface area contributed by atoms with E-state index < -0.39 is 0 Å². The SMILES string of the molecule is CCN(CCN(C)CCCN)C(C)=O. The summed E-state index contributed by atoms with van der Waals surface area (Å²) in [7, 11) is 2.06. The van der Waals surface area contributed by atoms with Gasteiger partial charge >= 0.3 is 0 Å². The molecule has 14 heavy (non-hydrogen) atoms. The van der Waals surface area contributed by atoms with Crippen LogP contribution in [-0.2, 0) is 4.79 Å². The molecule has 0 aliphatic heterocycles. The molecule has 0 fully saturated rings. The number of rotatable bonds is 7. The molecule has 0 heterocycles. The highest BCUT2D eigenvalue weighted by atomic mass is 16.2. The molecule has 0 aromatic heterocycles. The minimum absolute atomic E-state index is 0.153. The van der Waals surface area contributed by atoms with Gasteiger partial charge in [0.05, 0.1) is 0 Å². The van der Waals surface area contributed by atoms with Gasteiger partial charge in [0.1, 0.15) is 0 Å². The molecule has 0 aromatic rings. The average Bonchev–Trinajstić information content (AvgIpc) is 2.15. The van der Waals surface area contributed by atoms with Crippen LogP contribution in [-0.4, -0.2) is 55.5 Å². The maximum atomic E-state index is 11.1. The zero-order valence-electron chi connectivity index (χ0n) is 9.62. The van der Waals surface area contributed by atoms with Gasteiger partial charge < -0.3 is 15.5 Å². The molecular weight excluding hydrogens is 178 g/mol. The summed E-state index contributed by atoms with van der Waals surface area (Å²) in [5.74, 6) is 0.153. The lowest BCUT2D eigenvalue weighted by molar-refractivity contribution is -0.128. The summed E-state index contributed by atoms with van der Waals surface area (Å²) in [6.45, 7) is 7.88. The monoisotopic (exact) mass is 201 g/mol. The van der Waals surface area contributed by atoms with Gasteiger partial charge in [-0.05, 0) is 33.5 Å². The Balaban J connectivity index is 3.62. The van der Waals surface area contributed by atoms with Crippen molar-refractivity contribution in [2.45, 2.75) is 20.3 Å². The van der Waals surface area contributed by atoms with Crippen LogP contribution < -0.4 is 5.73 Å². The van der Waals surface area contributed by atoms with Crippen LogP contribution in [0.2, 0.25) is 0 Å². The van der Waals surface area contributed by atoms with Crippen molar-refractivity contribution < 1.29 is 4.79 Å². The maximum Gasteiger partial charge on any atom is 0.219 e. The molecule has 0 unspecified atom stereocenters. The number of nitrogens with two attached hydrogens (primary N) is 1. The Hall–Kier alpha value is -0.610. The molecule has 4 nitrogen and oxygen atoms in total. The molecule has 0 aliphatic rings. The summed E-state index contributed by atoms with van der Waals surface area (Å²) in [4.78, 5) is 15.1. The molecule has 0 radical (unpaired) electrons. The van der Waals surface area contributed by atoms with Gasteiger partial charge in [0.25, 0.3) is 0 Å². The Morgan fingerprint density at radius 2 is 1.93 bits per heavy atom. The molecule has 0 saturated carbocycles. The first-order valence-corrected chi connectivity index (χ1v) is 5.26. The molecule has 4 heteroatoms. The van der Waals surface area contributed by atoms with Crippen LogP contribution in [0.1, 0.15) is 20.3 Å². The van der Waals surface area contributed by atoms with Gasteiger partial charge in [0, 0.05) is 26.6 Å². The fourth-order valence-corrected chi connectivity index (χ4v) is 1.30. The van der Waals surface area contributed by atoms with Crippen LogP contribution in [0.4, 0.5) is 0 Å². The second kappa shape index (κ2) is 7.76. The van der Waals surface area contributed by atoms with E-state index in [0.717, 1.165) is 39.1 Å². The van der Waals surface area contributed by atoms with Gasteiger partial charge in [0.15, 0.2) is 0 Å². The number of nitrogens with zero attached hydrogens (tertiary/aromatic N) is 2. The predicted molar refractivity (Wildman–Crippen MR) is 59.1 cm³/mol. The van der Waals surface area contributed by atoms with Gasteiger partial charge in [-0.2, -0.15) is 0 Å². The second-order valence-corrected chi connectivity index (χ2v) is 3.54. The minimum Gasteiger partial charge on any atom is -0.342 e. The van der Waals surface area contributed by atoms with E-state index in [0.29, 0.717) is 0 Å². The minimum atomic E-state index is 0.153. The van der Waals surface area contributed by atoms with Crippen LogP contribution in [0.25, 0.3) is 0 Å². The van der Waals surface area contributed by atoms with Crippen molar-refractivity contribution in [3.63, 3.8) is 0 Å². The van der Waals surface area contributed by atoms with E-state index in [-0.39, 0.29) is 5.91 Å².